The molecule has 0 spiro atoms. The summed E-state index contributed by atoms with van der Waals surface area (Å²) in [7, 11) is 1.91. The Hall–Kier alpha value is -2.56. The Morgan fingerprint density at radius 2 is 1.76 bits per heavy atom. The van der Waals surface area contributed by atoms with Crippen molar-refractivity contribution in [1.29, 1.82) is 0 Å². The van der Waals surface area contributed by atoms with Crippen molar-refractivity contribution in [1.82, 2.24) is 14.5 Å². The number of pyridine rings is 1. The molecule has 1 aromatic carbocycles. The van der Waals surface area contributed by atoms with Crippen LogP contribution in [0.5, 0.6) is 0 Å². The topological polar surface area (TPSA) is 46.0 Å². The molecule has 134 valence electrons. The number of nitrogens with zero attached hydrogens (tertiary/aromatic N) is 4. The molecule has 0 aliphatic heterocycles. The second-order valence-electron chi connectivity index (χ2n) is 5.47. The zero-order chi connectivity index (χ0) is 18.2. The van der Waals surface area contributed by atoms with Crippen LogP contribution in [0.2, 0.25) is 0 Å². The van der Waals surface area contributed by atoms with Gasteiger partial charge in [0.05, 0.1) is 23.9 Å². The van der Waals surface area contributed by atoms with Gasteiger partial charge in [-0.15, -0.1) is 0 Å². The van der Waals surface area contributed by atoms with Crippen molar-refractivity contribution in [2.75, 3.05) is 30.4 Å². The molecular weight excluding hydrogens is 310 g/mol. The van der Waals surface area contributed by atoms with E-state index < -0.39 is 0 Å². The lowest BCUT2D eigenvalue weighted by molar-refractivity contribution is 0.746. The maximum atomic E-state index is 4.78. The van der Waals surface area contributed by atoms with Gasteiger partial charge in [0.25, 0.3) is 0 Å². The second-order valence-corrected chi connectivity index (χ2v) is 5.47. The summed E-state index contributed by atoms with van der Waals surface area (Å²) in [5, 5.41) is 3.16. The molecule has 5 heteroatoms. The van der Waals surface area contributed by atoms with Crippen molar-refractivity contribution in [3.63, 3.8) is 0 Å². The largest absolute Gasteiger partial charge is 0.387 e. The zero-order valence-electron chi connectivity index (χ0n) is 16.0. The van der Waals surface area contributed by atoms with Crippen LogP contribution in [0.3, 0.4) is 0 Å². The fourth-order valence-corrected chi connectivity index (χ4v) is 2.80. The Bertz CT molecular complexity index is 775. The molecule has 0 atom stereocenters. The smallest absolute Gasteiger partial charge is 0.208 e. The molecule has 0 saturated heterocycles. The van der Waals surface area contributed by atoms with Gasteiger partial charge in [0, 0.05) is 20.1 Å². The van der Waals surface area contributed by atoms with Gasteiger partial charge in [0.1, 0.15) is 0 Å². The molecule has 3 aromatic rings. The van der Waals surface area contributed by atoms with Crippen molar-refractivity contribution in [2.45, 2.75) is 34.2 Å². The third-order valence-electron chi connectivity index (χ3n) is 4.10. The van der Waals surface area contributed by atoms with Crippen molar-refractivity contribution < 1.29 is 0 Å². The van der Waals surface area contributed by atoms with Crippen LogP contribution in [0.1, 0.15) is 33.3 Å². The van der Waals surface area contributed by atoms with E-state index in [0.717, 1.165) is 42.4 Å². The van der Waals surface area contributed by atoms with E-state index >= 15 is 0 Å². The summed E-state index contributed by atoms with van der Waals surface area (Å²) in [6, 6.07) is 12.6. The van der Waals surface area contributed by atoms with E-state index in [1.807, 2.05) is 33.2 Å². The lowest BCUT2D eigenvalue weighted by Crippen LogP contribution is -2.25. The maximum absolute atomic E-state index is 4.78. The van der Waals surface area contributed by atoms with Crippen LogP contribution >= 0.6 is 0 Å². The van der Waals surface area contributed by atoms with E-state index in [-0.39, 0.29) is 0 Å². The minimum Gasteiger partial charge on any atom is -0.387 e. The first-order valence-electron chi connectivity index (χ1n) is 9.09. The average Bonchev–Trinajstić information content (AvgIpc) is 3.03. The van der Waals surface area contributed by atoms with E-state index in [1.165, 1.54) is 5.56 Å². The number of imidazole rings is 1. The number of rotatable bonds is 6. The molecule has 2 aromatic heterocycles. The molecule has 0 amide bonds. The molecule has 0 saturated carbocycles. The van der Waals surface area contributed by atoms with E-state index in [1.54, 1.807) is 0 Å². The number of benzene rings is 1. The van der Waals surface area contributed by atoms with Crippen molar-refractivity contribution in [2.24, 2.45) is 0 Å². The SMILES string of the molecule is CC.CCN(CC)c1nc2ncc(NC)cc2n1Cc1ccccc1. The molecule has 2 heterocycles. The fourth-order valence-electron chi connectivity index (χ4n) is 2.80. The highest BCUT2D eigenvalue weighted by atomic mass is 15.3. The minimum atomic E-state index is 0.790. The van der Waals surface area contributed by atoms with Gasteiger partial charge >= 0.3 is 0 Å². The van der Waals surface area contributed by atoms with Crippen LogP contribution < -0.4 is 10.2 Å². The van der Waals surface area contributed by atoms with Gasteiger partial charge in [0.2, 0.25) is 5.95 Å². The monoisotopic (exact) mass is 339 g/mol. The van der Waals surface area contributed by atoms with Gasteiger partial charge in [0.15, 0.2) is 5.65 Å². The number of fused-ring (bicyclic) bond motifs is 1. The lowest BCUT2D eigenvalue weighted by Gasteiger charge is -2.21. The van der Waals surface area contributed by atoms with Gasteiger partial charge in [-0.05, 0) is 25.5 Å². The normalized spacial score (nSPS) is 10.3. The molecular formula is C20H29N5. The highest BCUT2D eigenvalue weighted by molar-refractivity contribution is 5.78. The first kappa shape index (κ1) is 18.8. The third kappa shape index (κ3) is 4.10. The molecule has 0 aliphatic rings. The molecule has 5 nitrogen and oxygen atoms in total. The highest BCUT2D eigenvalue weighted by Gasteiger charge is 2.16. The molecule has 0 aliphatic carbocycles. The zero-order valence-corrected chi connectivity index (χ0v) is 16.0. The minimum absolute atomic E-state index is 0.790. The lowest BCUT2D eigenvalue weighted by atomic mass is 10.2. The van der Waals surface area contributed by atoms with Crippen LogP contribution in [0.4, 0.5) is 11.6 Å². The quantitative estimate of drug-likeness (QED) is 0.723. The van der Waals surface area contributed by atoms with Gasteiger partial charge in [-0.25, -0.2) is 4.98 Å². The van der Waals surface area contributed by atoms with E-state index in [9.17, 15) is 0 Å². The molecule has 0 unspecified atom stereocenters. The van der Waals surface area contributed by atoms with Crippen LogP contribution in [0.25, 0.3) is 11.2 Å². The standard InChI is InChI=1S/C18H23N5.C2H6/c1-4-22(5-2)18-21-17-16(11-15(19-3)12-20-17)23(18)13-14-9-7-6-8-10-14;1-2/h6-12,19H,4-5,13H2,1-3H3;1-2H3. The summed E-state index contributed by atoms with van der Waals surface area (Å²) in [5.41, 5.74) is 4.11. The van der Waals surface area contributed by atoms with E-state index in [4.69, 9.17) is 4.98 Å². The van der Waals surface area contributed by atoms with Gasteiger partial charge in [-0.2, -0.15) is 4.98 Å². The van der Waals surface area contributed by atoms with E-state index in [0.29, 0.717) is 0 Å². The third-order valence-corrected chi connectivity index (χ3v) is 4.10. The summed E-state index contributed by atoms with van der Waals surface area (Å²) in [4.78, 5) is 11.5. The first-order valence-corrected chi connectivity index (χ1v) is 9.09. The summed E-state index contributed by atoms with van der Waals surface area (Å²) in [6.07, 6.45) is 1.83. The number of hydrogen-bond acceptors (Lipinski definition) is 4. The van der Waals surface area contributed by atoms with Gasteiger partial charge < -0.3 is 14.8 Å². The Labute approximate surface area is 150 Å². The Morgan fingerprint density at radius 1 is 1.08 bits per heavy atom. The molecule has 0 bridgehead atoms. The summed E-state index contributed by atoms with van der Waals surface area (Å²) in [5.74, 6) is 0.981. The van der Waals surface area contributed by atoms with Crippen LogP contribution in [-0.2, 0) is 6.54 Å². The van der Waals surface area contributed by atoms with Crippen LogP contribution in [0, 0.1) is 0 Å². The van der Waals surface area contributed by atoms with E-state index in [2.05, 4.69) is 63.9 Å². The Morgan fingerprint density at radius 3 is 2.36 bits per heavy atom. The van der Waals surface area contributed by atoms with Crippen LogP contribution in [-0.4, -0.2) is 34.7 Å². The molecule has 0 fully saturated rings. The Kier molecular flexibility index (Phi) is 6.81. The summed E-state index contributed by atoms with van der Waals surface area (Å²) >= 11 is 0. The molecule has 0 radical (unpaired) electrons. The summed E-state index contributed by atoms with van der Waals surface area (Å²) in [6.45, 7) is 10.9. The number of anilines is 2. The number of aromatic nitrogens is 3. The predicted octanol–water partition coefficient (Wildman–Crippen LogP) is 4.39. The fraction of sp³-hybridized carbons (Fsp3) is 0.400. The van der Waals surface area contributed by atoms with Crippen LogP contribution in [0.15, 0.2) is 42.6 Å². The van der Waals surface area contributed by atoms with Crippen molar-refractivity contribution in [3.8, 4) is 0 Å². The highest BCUT2D eigenvalue weighted by Crippen LogP contribution is 2.25. The first-order chi connectivity index (χ1) is 12.3. The second kappa shape index (κ2) is 9.06. The predicted molar refractivity (Wildman–Crippen MR) is 108 cm³/mol. The number of hydrogen-bond donors (Lipinski definition) is 1. The number of nitrogens with one attached hydrogen (secondary N) is 1. The Balaban J connectivity index is 0.00000109. The summed E-state index contributed by atoms with van der Waals surface area (Å²) < 4.78 is 2.26. The van der Waals surface area contributed by atoms with Gasteiger partial charge in [-0.3, -0.25) is 0 Å². The molecule has 3 rings (SSSR count). The van der Waals surface area contributed by atoms with Crippen molar-refractivity contribution in [3.05, 3.63) is 48.2 Å². The molecule has 1 N–H and O–H groups in total. The van der Waals surface area contributed by atoms with Crippen molar-refractivity contribution >= 4 is 22.8 Å². The van der Waals surface area contributed by atoms with Gasteiger partial charge in [-0.1, -0.05) is 44.2 Å². The maximum Gasteiger partial charge on any atom is 0.208 e. The molecule has 25 heavy (non-hydrogen) atoms. The average molecular weight is 339 g/mol.